The molecule has 1 N–H and O–H groups in total. The van der Waals surface area contributed by atoms with Gasteiger partial charge in [0.1, 0.15) is 5.60 Å². The summed E-state index contributed by atoms with van der Waals surface area (Å²) in [7, 11) is 0. The van der Waals surface area contributed by atoms with Gasteiger partial charge in [-0.05, 0) is 52.6 Å². The van der Waals surface area contributed by atoms with E-state index in [2.05, 4.69) is 19.2 Å². The van der Waals surface area contributed by atoms with E-state index in [1.807, 2.05) is 32.6 Å². The minimum Gasteiger partial charge on any atom is -0.444 e. The highest BCUT2D eigenvalue weighted by Crippen LogP contribution is 2.24. The second kappa shape index (κ2) is 5.91. The Balaban J connectivity index is 2.77. The van der Waals surface area contributed by atoms with Crippen molar-refractivity contribution in [3.8, 4) is 0 Å². The molecule has 1 aliphatic heterocycles. The van der Waals surface area contributed by atoms with Crippen molar-refractivity contribution in [3.05, 3.63) is 0 Å². The van der Waals surface area contributed by atoms with E-state index in [1.54, 1.807) is 0 Å². The highest BCUT2D eigenvalue weighted by molar-refractivity contribution is 5.68. The van der Waals surface area contributed by atoms with Gasteiger partial charge in [0.25, 0.3) is 0 Å². The van der Waals surface area contributed by atoms with Crippen molar-refractivity contribution in [2.45, 2.75) is 53.2 Å². The third-order valence-electron chi connectivity index (χ3n) is 3.43. The standard InChI is InChI=1S/C14H28N2O2/c1-7-16(13(17)18-14(4,5)6)12-10(2)8-15-9-11(12)3/h10-12,15H,7-9H2,1-6H3. The summed E-state index contributed by atoms with van der Waals surface area (Å²) < 4.78 is 5.51. The maximum atomic E-state index is 12.3. The molecule has 0 bridgehead atoms. The zero-order chi connectivity index (χ0) is 13.9. The lowest BCUT2D eigenvalue weighted by atomic mass is 9.86. The molecule has 1 aliphatic rings. The van der Waals surface area contributed by atoms with Gasteiger partial charge < -0.3 is 15.0 Å². The van der Waals surface area contributed by atoms with Crippen LogP contribution in [-0.4, -0.2) is 42.3 Å². The Kier molecular flexibility index (Phi) is 5.02. The molecule has 1 rings (SSSR count). The number of nitrogens with one attached hydrogen (secondary N) is 1. The van der Waals surface area contributed by atoms with E-state index in [4.69, 9.17) is 4.74 Å². The molecule has 4 nitrogen and oxygen atoms in total. The first kappa shape index (κ1) is 15.3. The van der Waals surface area contributed by atoms with Crippen LogP contribution in [0.15, 0.2) is 0 Å². The Morgan fingerprint density at radius 2 is 1.78 bits per heavy atom. The average Bonchev–Trinajstić information content (AvgIpc) is 2.20. The summed E-state index contributed by atoms with van der Waals surface area (Å²) in [6, 6.07) is 0.270. The summed E-state index contributed by atoms with van der Waals surface area (Å²) in [4.78, 5) is 14.2. The molecule has 0 aromatic rings. The molecular weight excluding hydrogens is 228 g/mol. The summed E-state index contributed by atoms with van der Waals surface area (Å²) in [5.41, 5.74) is -0.427. The third-order valence-corrected chi connectivity index (χ3v) is 3.43. The van der Waals surface area contributed by atoms with Crippen LogP contribution in [0.25, 0.3) is 0 Å². The van der Waals surface area contributed by atoms with Crippen LogP contribution in [0.5, 0.6) is 0 Å². The lowest BCUT2D eigenvalue weighted by Gasteiger charge is -2.42. The number of nitrogens with zero attached hydrogens (tertiary/aromatic N) is 1. The van der Waals surface area contributed by atoms with Crippen molar-refractivity contribution >= 4 is 6.09 Å². The normalized spacial score (nSPS) is 28.9. The van der Waals surface area contributed by atoms with Crippen LogP contribution in [0.2, 0.25) is 0 Å². The highest BCUT2D eigenvalue weighted by Gasteiger charge is 2.36. The van der Waals surface area contributed by atoms with E-state index in [-0.39, 0.29) is 12.1 Å². The minimum atomic E-state index is -0.427. The van der Waals surface area contributed by atoms with Gasteiger partial charge in [0.05, 0.1) is 0 Å². The van der Waals surface area contributed by atoms with E-state index < -0.39 is 5.60 Å². The first-order valence-corrected chi connectivity index (χ1v) is 6.96. The summed E-state index contributed by atoms with van der Waals surface area (Å²) in [6.07, 6.45) is -0.185. The maximum Gasteiger partial charge on any atom is 0.410 e. The van der Waals surface area contributed by atoms with Gasteiger partial charge in [0.15, 0.2) is 0 Å². The van der Waals surface area contributed by atoms with Gasteiger partial charge in [-0.25, -0.2) is 4.79 Å². The van der Waals surface area contributed by atoms with Crippen LogP contribution in [0.4, 0.5) is 4.79 Å². The molecule has 106 valence electrons. The monoisotopic (exact) mass is 256 g/mol. The number of rotatable bonds is 2. The van der Waals surface area contributed by atoms with Gasteiger partial charge in [-0.1, -0.05) is 13.8 Å². The first-order chi connectivity index (χ1) is 8.26. The number of carbonyl (C=O) groups is 1. The van der Waals surface area contributed by atoms with Gasteiger partial charge in [-0.2, -0.15) is 0 Å². The fourth-order valence-corrected chi connectivity index (χ4v) is 2.74. The summed E-state index contributed by atoms with van der Waals surface area (Å²) in [6.45, 7) is 14.8. The zero-order valence-electron chi connectivity index (χ0n) is 12.6. The fraction of sp³-hybridized carbons (Fsp3) is 0.929. The summed E-state index contributed by atoms with van der Waals surface area (Å²) >= 11 is 0. The van der Waals surface area contributed by atoms with Crippen LogP contribution >= 0.6 is 0 Å². The number of amides is 1. The van der Waals surface area contributed by atoms with Crippen molar-refractivity contribution in [2.75, 3.05) is 19.6 Å². The Labute approximate surface area is 111 Å². The van der Waals surface area contributed by atoms with Crippen LogP contribution in [0.1, 0.15) is 41.5 Å². The minimum absolute atomic E-state index is 0.185. The number of piperidine rings is 1. The molecule has 18 heavy (non-hydrogen) atoms. The Morgan fingerprint density at radius 3 is 2.17 bits per heavy atom. The molecule has 0 aromatic heterocycles. The quantitative estimate of drug-likeness (QED) is 0.825. The number of hydrogen-bond acceptors (Lipinski definition) is 3. The molecular formula is C14H28N2O2. The molecule has 0 spiro atoms. The molecule has 0 saturated carbocycles. The molecule has 1 amide bonds. The van der Waals surface area contributed by atoms with E-state index >= 15 is 0 Å². The molecule has 0 radical (unpaired) electrons. The lowest BCUT2D eigenvalue weighted by molar-refractivity contribution is -0.000176. The van der Waals surface area contributed by atoms with Crippen LogP contribution in [0.3, 0.4) is 0 Å². The molecule has 1 heterocycles. The SMILES string of the molecule is CCN(C(=O)OC(C)(C)C)C1C(C)CNCC1C. The predicted octanol–water partition coefficient (Wildman–Crippen LogP) is 2.49. The smallest absolute Gasteiger partial charge is 0.410 e. The summed E-state index contributed by atoms with van der Waals surface area (Å²) in [5, 5.41) is 3.40. The van der Waals surface area contributed by atoms with Gasteiger partial charge in [0, 0.05) is 12.6 Å². The number of carbonyl (C=O) groups excluding carboxylic acids is 1. The van der Waals surface area contributed by atoms with Crippen molar-refractivity contribution in [1.82, 2.24) is 10.2 Å². The van der Waals surface area contributed by atoms with Gasteiger partial charge in [-0.15, -0.1) is 0 Å². The fourth-order valence-electron chi connectivity index (χ4n) is 2.74. The van der Waals surface area contributed by atoms with Gasteiger partial charge in [-0.3, -0.25) is 0 Å². The second-order valence-electron chi connectivity index (χ2n) is 6.37. The van der Waals surface area contributed by atoms with Crippen molar-refractivity contribution in [2.24, 2.45) is 11.8 Å². The first-order valence-electron chi connectivity index (χ1n) is 6.96. The third kappa shape index (κ3) is 3.87. The highest BCUT2D eigenvalue weighted by atomic mass is 16.6. The predicted molar refractivity (Wildman–Crippen MR) is 73.6 cm³/mol. The van der Waals surface area contributed by atoms with Crippen LogP contribution < -0.4 is 5.32 Å². The van der Waals surface area contributed by atoms with E-state index in [0.717, 1.165) is 13.1 Å². The van der Waals surface area contributed by atoms with Crippen molar-refractivity contribution < 1.29 is 9.53 Å². The Morgan fingerprint density at radius 1 is 1.28 bits per heavy atom. The van der Waals surface area contributed by atoms with Crippen LogP contribution in [-0.2, 0) is 4.74 Å². The largest absolute Gasteiger partial charge is 0.444 e. The number of ether oxygens (including phenoxy) is 1. The van der Waals surface area contributed by atoms with Crippen molar-refractivity contribution in [1.29, 1.82) is 0 Å². The Bertz CT molecular complexity index is 276. The molecule has 1 fully saturated rings. The van der Waals surface area contributed by atoms with Crippen molar-refractivity contribution in [3.63, 3.8) is 0 Å². The molecule has 4 heteroatoms. The molecule has 1 saturated heterocycles. The maximum absolute atomic E-state index is 12.3. The van der Waals surface area contributed by atoms with E-state index in [1.165, 1.54) is 0 Å². The van der Waals surface area contributed by atoms with E-state index in [9.17, 15) is 4.79 Å². The summed E-state index contributed by atoms with van der Waals surface area (Å²) in [5.74, 6) is 0.919. The van der Waals surface area contributed by atoms with Gasteiger partial charge >= 0.3 is 6.09 Å². The van der Waals surface area contributed by atoms with Crippen LogP contribution in [0, 0.1) is 11.8 Å². The molecule has 2 atom stereocenters. The molecule has 2 unspecified atom stereocenters. The lowest BCUT2D eigenvalue weighted by Crippen LogP contribution is -2.56. The second-order valence-corrected chi connectivity index (χ2v) is 6.37. The topological polar surface area (TPSA) is 41.6 Å². The number of hydrogen-bond donors (Lipinski definition) is 1. The van der Waals surface area contributed by atoms with E-state index in [0.29, 0.717) is 18.4 Å². The average molecular weight is 256 g/mol. The zero-order valence-corrected chi connectivity index (χ0v) is 12.6. The molecule has 0 aromatic carbocycles. The Hall–Kier alpha value is -0.770. The molecule has 0 aliphatic carbocycles. The van der Waals surface area contributed by atoms with Gasteiger partial charge in [0.2, 0.25) is 0 Å².